The van der Waals surface area contributed by atoms with Crippen molar-refractivity contribution in [1.29, 1.82) is 0 Å². The third-order valence-corrected chi connectivity index (χ3v) is 4.61. The van der Waals surface area contributed by atoms with Crippen molar-refractivity contribution in [3.05, 3.63) is 59.9 Å². The summed E-state index contributed by atoms with van der Waals surface area (Å²) in [5.74, 6) is 1.52. The summed E-state index contributed by atoms with van der Waals surface area (Å²) in [6, 6.07) is 13.3. The van der Waals surface area contributed by atoms with Crippen LogP contribution in [-0.2, 0) is 17.9 Å². The maximum Gasteiger partial charge on any atom is 0.276 e. The number of rotatable bonds is 4. The van der Waals surface area contributed by atoms with E-state index in [1.165, 1.54) is 0 Å². The lowest BCUT2D eigenvalue weighted by atomic mass is 10.1. The standard InChI is InChI=1S/C19H16N6O3/c1-26-13-7-5-12(6-8-13)16-10-25-15(11-27-16)17(22-24-25)18-21-19(28-23-18)14-4-2-3-9-20-14/h2-9,16H,10-11H2,1H3/t16-/m1/s1. The Morgan fingerprint density at radius 1 is 1.14 bits per heavy atom. The molecule has 9 nitrogen and oxygen atoms in total. The van der Waals surface area contributed by atoms with Gasteiger partial charge in [0.25, 0.3) is 5.89 Å². The summed E-state index contributed by atoms with van der Waals surface area (Å²) in [5, 5.41) is 12.5. The summed E-state index contributed by atoms with van der Waals surface area (Å²) < 4.78 is 18.4. The van der Waals surface area contributed by atoms with Gasteiger partial charge in [-0.1, -0.05) is 28.6 Å². The predicted molar refractivity (Wildman–Crippen MR) is 97.1 cm³/mol. The Bertz CT molecular complexity index is 1090. The lowest BCUT2D eigenvalue weighted by Gasteiger charge is -2.24. The van der Waals surface area contributed by atoms with E-state index in [0.717, 1.165) is 17.0 Å². The van der Waals surface area contributed by atoms with E-state index < -0.39 is 0 Å². The minimum Gasteiger partial charge on any atom is -0.497 e. The molecule has 0 fully saturated rings. The third kappa shape index (κ3) is 2.91. The second kappa shape index (κ2) is 6.86. The van der Waals surface area contributed by atoms with Crippen LogP contribution in [0.1, 0.15) is 17.4 Å². The Morgan fingerprint density at radius 2 is 2.04 bits per heavy atom. The van der Waals surface area contributed by atoms with Crippen molar-refractivity contribution in [2.24, 2.45) is 0 Å². The van der Waals surface area contributed by atoms with E-state index in [1.54, 1.807) is 19.4 Å². The fourth-order valence-corrected chi connectivity index (χ4v) is 3.12. The molecule has 140 valence electrons. The maximum absolute atomic E-state index is 6.04. The predicted octanol–water partition coefficient (Wildman–Crippen LogP) is 2.67. The number of methoxy groups -OCH3 is 1. The molecule has 0 spiro atoms. The van der Waals surface area contributed by atoms with Crippen LogP contribution in [0.3, 0.4) is 0 Å². The highest BCUT2D eigenvalue weighted by atomic mass is 16.5. The molecular weight excluding hydrogens is 360 g/mol. The van der Waals surface area contributed by atoms with Crippen molar-refractivity contribution in [3.8, 4) is 28.9 Å². The van der Waals surface area contributed by atoms with E-state index in [2.05, 4.69) is 25.4 Å². The van der Waals surface area contributed by atoms with Crippen molar-refractivity contribution in [2.45, 2.75) is 19.3 Å². The van der Waals surface area contributed by atoms with E-state index in [9.17, 15) is 0 Å². The van der Waals surface area contributed by atoms with Gasteiger partial charge in [0.1, 0.15) is 17.5 Å². The Morgan fingerprint density at radius 3 is 2.82 bits per heavy atom. The quantitative estimate of drug-likeness (QED) is 0.536. The summed E-state index contributed by atoms with van der Waals surface area (Å²) in [6.07, 6.45) is 1.56. The zero-order valence-corrected chi connectivity index (χ0v) is 15.0. The normalized spacial score (nSPS) is 16.0. The van der Waals surface area contributed by atoms with E-state index in [4.69, 9.17) is 14.0 Å². The first kappa shape index (κ1) is 16.6. The number of hydrogen-bond acceptors (Lipinski definition) is 8. The van der Waals surface area contributed by atoms with Crippen LogP contribution in [0.25, 0.3) is 23.1 Å². The molecule has 9 heteroatoms. The Kier molecular flexibility index (Phi) is 4.06. The van der Waals surface area contributed by atoms with Gasteiger partial charge in [0, 0.05) is 6.20 Å². The van der Waals surface area contributed by atoms with Gasteiger partial charge in [0.2, 0.25) is 5.82 Å². The fourth-order valence-electron chi connectivity index (χ4n) is 3.12. The molecule has 0 unspecified atom stereocenters. The minimum absolute atomic E-state index is 0.109. The molecular formula is C19H16N6O3. The largest absolute Gasteiger partial charge is 0.497 e. The Hall–Kier alpha value is -3.59. The minimum atomic E-state index is -0.109. The van der Waals surface area contributed by atoms with Crippen LogP contribution in [0.15, 0.2) is 53.2 Å². The molecule has 0 saturated heterocycles. The molecule has 4 heterocycles. The van der Waals surface area contributed by atoms with Crippen molar-refractivity contribution in [3.63, 3.8) is 0 Å². The number of fused-ring (bicyclic) bond motifs is 1. The third-order valence-electron chi connectivity index (χ3n) is 4.61. The highest BCUT2D eigenvalue weighted by Crippen LogP contribution is 2.31. The second-order valence-electron chi connectivity index (χ2n) is 6.28. The van der Waals surface area contributed by atoms with Gasteiger partial charge in [0.05, 0.1) is 26.0 Å². The van der Waals surface area contributed by atoms with Crippen LogP contribution in [0.2, 0.25) is 0 Å². The molecule has 0 saturated carbocycles. The number of ether oxygens (including phenoxy) is 2. The van der Waals surface area contributed by atoms with Gasteiger partial charge in [-0.3, -0.25) is 4.98 Å². The molecule has 0 aliphatic carbocycles. The van der Waals surface area contributed by atoms with Crippen LogP contribution in [0, 0.1) is 0 Å². The molecule has 1 atom stereocenters. The second-order valence-corrected chi connectivity index (χ2v) is 6.28. The van der Waals surface area contributed by atoms with E-state index in [1.807, 2.05) is 41.1 Å². The van der Waals surface area contributed by atoms with Crippen LogP contribution in [0.4, 0.5) is 0 Å². The van der Waals surface area contributed by atoms with Gasteiger partial charge >= 0.3 is 0 Å². The molecule has 5 rings (SSSR count). The van der Waals surface area contributed by atoms with Gasteiger partial charge in [0.15, 0.2) is 5.69 Å². The summed E-state index contributed by atoms with van der Waals surface area (Å²) in [7, 11) is 1.65. The zero-order valence-electron chi connectivity index (χ0n) is 15.0. The Labute approximate surface area is 159 Å². The number of benzene rings is 1. The molecule has 28 heavy (non-hydrogen) atoms. The number of hydrogen-bond donors (Lipinski definition) is 0. The first-order chi connectivity index (χ1) is 13.8. The smallest absolute Gasteiger partial charge is 0.276 e. The van der Waals surface area contributed by atoms with Crippen LogP contribution in [-0.4, -0.2) is 37.2 Å². The first-order valence-corrected chi connectivity index (χ1v) is 8.75. The van der Waals surface area contributed by atoms with Crippen molar-refractivity contribution >= 4 is 0 Å². The van der Waals surface area contributed by atoms with Gasteiger partial charge < -0.3 is 14.0 Å². The maximum atomic E-state index is 6.04. The number of pyridine rings is 1. The van der Waals surface area contributed by atoms with Gasteiger partial charge in [-0.05, 0) is 29.8 Å². The van der Waals surface area contributed by atoms with E-state index >= 15 is 0 Å². The average Bonchev–Trinajstić information content (AvgIpc) is 3.41. The first-order valence-electron chi connectivity index (χ1n) is 8.75. The molecule has 1 aliphatic rings. The zero-order chi connectivity index (χ0) is 18.9. The topological polar surface area (TPSA) is 101 Å². The lowest BCUT2D eigenvalue weighted by Crippen LogP contribution is -2.22. The van der Waals surface area contributed by atoms with E-state index in [-0.39, 0.29) is 6.10 Å². The molecule has 4 aromatic rings. The van der Waals surface area contributed by atoms with Crippen LogP contribution in [0.5, 0.6) is 5.75 Å². The molecule has 0 N–H and O–H groups in total. The van der Waals surface area contributed by atoms with Crippen LogP contribution >= 0.6 is 0 Å². The van der Waals surface area contributed by atoms with Crippen molar-refractivity contribution in [1.82, 2.24) is 30.1 Å². The molecule has 1 aliphatic heterocycles. The summed E-state index contributed by atoms with van der Waals surface area (Å²) in [6.45, 7) is 0.909. The fraction of sp³-hybridized carbons (Fsp3) is 0.211. The van der Waals surface area contributed by atoms with Gasteiger partial charge in [-0.2, -0.15) is 4.98 Å². The molecule has 0 bridgehead atoms. The summed E-state index contributed by atoms with van der Waals surface area (Å²) in [4.78, 5) is 8.62. The highest BCUT2D eigenvalue weighted by Gasteiger charge is 2.27. The lowest BCUT2D eigenvalue weighted by molar-refractivity contribution is -0.00114. The highest BCUT2D eigenvalue weighted by molar-refractivity contribution is 5.56. The van der Waals surface area contributed by atoms with Crippen molar-refractivity contribution < 1.29 is 14.0 Å². The van der Waals surface area contributed by atoms with Gasteiger partial charge in [-0.25, -0.2) is 4.68 Å². The molecule has 0 amide bonds. The van der Waals surface area contributed by atoms with E-state index in [0.29, 0.717) is 36.3 Å². The summed E-state index contributed by atoms with van der Waals surface area (Å²) >= 11 is 0. The molecule has 3 aromatic heterocycles. The van der Waals surface area contributed by atoms with Crippen LogP contribution < -0.4 is 4.74 Å². The number of nitrogens with zero attached hydrogens (tertiary/aromatic N) is 6. The average molecular weight is 376 g/mol. The Balaban J connectivity index is 1.39. The molecule has 0 radical (unpaired) electrons. The summed E-state index contributed by atoms with van der Waals surface area (Å²) in [5.41, 5.74) is 3.04. The number of aromatic nitrogens is 6. The monoisotopic (exact) mass is 376 g/mol. The molecule has 1 aromatic carbocycles. The van der Waals surface area contributed by atoms with Crippen molar-refractivity contribution in [2.75, 3.05) is 7.11 Å². The van der Waals surface area contributed by atoms with Gasteiger partial charge in [-0.15, -0.1) is 5.10 Å². The SMILES string of the molecule is COc1ccc([C@H]2Cn3nnc(-c4noc(-c5ccccn5)n4)c3CO2)cc1.